The van der Waals surface area contributed by atoms with Gasteiger partial charge in [0.05, 0.1) is 5.52 Å². The van der Waals surface area contributed by atoms with Crippen molar-refractivity contribution in [2.24, 2.45) is 0 Å². The topological polar surface area (TPSA) is 28.2 Å². The molecule has 3 heteroatoms. The van der Waals surface area contributed by atoms with Gasteiger partial charge in [-0.2, -0.15) is 0 Å². The standard InChI is InChI=1S/C16H21N3/c1-19-10-4-8-15(12-19)18-11-14-6-2-5-13-7-3-9-17-16(13)14/h2-3,5-7,9,15,18H,4,8,10-12H2,1H3. The molecule has 0 radical (unpaired) electrons. The summed E-state index contributed by atoms with van der Waals surface area (Å²) < 4.78 is 0. The van der Waals surface area contributed by atoms with Crippen molar-refractivity contribution < 1.29 is 0 Å². The zero-order valence-corrected chi connectivity index (χ0v) is 11.5. The van der Waals surface area contributed by atoms with Gasteiger partial charge < -0.3 is 10.2 Å². The number of hydrogen-bond acceptors (Lipinski definition) is 3. The number of benzene rings is 1. The van der Waals surface area contributed by atoms with Crippen molar-refractivity contribution in [3.8, 4) is 0 Å². The molecule has 0 amide bonds. The molecule has 0 aliphatic carbocycles. The lowest BCUT2D eigenvalue weighted by Crippen LogP contribution is -2.43. The minimum atomic E-state index is 0.609. The number of likely N-dealkylation sites (N-methyl/N-ethyl adjacent to an activating group) is 1. The third kappa shape index (κ3) is 2.94. The molecule has 1 unspecified atom stereocenters. The highest BCUT2D eigenvalue weighted by molar-refractivity contribution is 5.81. The molecule has 1 N–H and O–H groups in total. The van der Waals surface area contributed by atoms with Crippen molar-refractivity contribution in [1.82, 2.24) is 15.2 Å². The van der Waals surface area contributed by atoms with E-state index in [0.29, 0.717) is 6.04 Å². The highest BCUT2D eigenvalue weighted by Gasteiger charge is 2.16. The Balaban J connectivity index is 1.71. The van der Waals surface area contributed by atoms with Crippen molar-refractivity contribution in [2.75, 3.05) is 20.1 Å². The Bertz CT molecular complexity index is 547. The Morgan fingerprint density at radius 3 is 3.11 bits per heavy atom. The maximum Gasteiger partial charge on any atom is 0.0746 e. The average molecular weight is 255 g/mol. The van der Waals surface area contributed by atoms with Gasteiger partial charge in [-0.15, -0.1) is 0 Å². The number of pyridine rings is 1. The zero-order chi connectivity index (χ0) is 13.1. The summed E-state index contributed by atoms with van der Waals surface area (Å²) in [5.41, 5.74) is 2.42. The first kappa shape index (κ1) is 12.6. The van der Waals surface area contributed by atoms with E-state index in [-0.39, 0.29) is 0 Å². The van der Waals surface area contributed by atoms with E-state index in [0.717, 1.165) is 18.6 Å². The van der Waals surface area contributed by atoms with Crippen LogP contribution in [0.1, 0.15) is 18.4 Å². The number of likely N-dealkylation sites (tertiary alicyclic amines) is 1. The number of piperidine rings is 1. The lowest BCUT2D eigenvalue weighted by atomic mass is 10.1. The van der Waals surface area contributed by atoms with Crippen molar-refractivity contribution >= 4 is 10.9 Å². The van der Waals surface area contributed by atoms with Gasteiger partial charge in [-0.1, -0.05) is 24.3 Å². The molecule has 1 aromatic carbocycles. The van der Waals surface area contributed by atoms with Crippen molar-refractivity contribution in [2.45, 2.75) is 25.4 Å². The summed E-state index contributed by atoms with van der Waals surface area (Å²) in [5, 5.41) is 4.90. The molecule has 3 nitrogen and oxygen atoms in total. The van der Waals surface area contributed by atoms with E-state index in [1.165, 1.54) is 30.3 Å². The molecule has 0 saturated carbocycles. The maximum absolute atomic E-state index is 4.51. The Hall–Kier alpha value is -1.45. The van der Waals surface area contributed by atoms with Crippen LogP contribution in [0.4, 0.5) is 0 Å². The number of aromatic nitrogens is 1. The van der Waals surface area contributed by atoms with E-state index >= 15 is 0 Å². The van der Waals surface area contributed by atoms with Gasteiger partial charge in [0.1, 0.15) is 0 Å². The fourth-order valence-electron chi connectivity index (χ4n) is 2.90. The van der Waals surface area contributed by atoms with Gasteiger partial charge in [0.25, 0.3) is 0 Å². The van der Waals surface area contributed by atoms with Crippen molar-refractivity contribution in [1.29, 1.82) is 0 Å². The van der Waals surface area contributed by atoms with E-state index in [9.17, 15) is 0 Å². The number of nitrogens with one attached hydrogen (secondary N) is 1. The molecule has 1 aliphatic rings. The predicted molar refractivity (Wildman–Crippen MR) is 79.1 cm³/mol. The summed E-state index contributed by atoms with van der Waals surface area (Å²) in [7, 11) is 2.20. The van der Waals surface area contributed by atoms with Crippen molar-refractivity contribution in [3.05, 3.63) is 42.1 Å². The van der Waals surface area contributed by atoms with Crippen LogP contribution < -0.4 is 5.32 Å². The third-order valence-electron chi connectivity index (χ3n) is 3.92. The summed E-state index contributed by atoms with van der Waals surface area (Å²) in [4.78, 5) is 6.91. The number of para-hydroxylation sites is 1. The SMILES string of the molecule is CN1CCCC(NCc2cccc3cccnc23)C1. The molecule has 1 atom stereocenters. The Kier molecular flexibility index (Phi) is 3.76. The normalized spacial score (nSPS) is 20.8. The van der Waals surface area contributed by atoms with Crippen LogP contribution in [-0.4, -0.2) is 36.1 Å². The molecule has 2 heterocycles. The molecule has 100 valence electrons. The Morgan fingerprint density at radius 1 is 1.32 bits per heavy atom. The van der Waals surface area contributed by atoms with Crippen LogP contribution in [0.5, 0.6) is 0 Å². The average Bonchev–Trinajstić information content (AvgIpc) is 2.45. The number of nitrogens with zero attached hydrogens (tertiary/aromatic N) is 2. The van der Waals surface area contributed by atoms with Gasteiger partial charge >= 0.3 is 0 Å². The molecule has 1 saturated heterocycles. The van der Waals surface area contributed by atoms with Crippen LogP contribution in [0.15, 0.2) is 36.5 Å². The van der Waals surface area contributed by atoms with Gasteiger partial charge in [0.2, 0.25) is 0 Å². The molecular weight excluding hydrogens is 234 g/mol. The summed E-state index contributed by atoms with van der Waals surface area (Å²) in [6, 6.07) is 11.1. The van der Waals surface area contributed by atoms with Crippen LogP contribution in [0, 0.1) is 0 Å². The van der Waals surface area contributed by atoms with Gasteiger partial charge in [0, 0.05) is 30.7 Å². The third-order valence-corrected chi connectivity index (χ3v) is 3.92. The molecule has 1 fully saturated rings. The summed E-state index contributed by atoms with van der Waals surface area (Å²) in [6.07, 6.45) is 4.45. The van der Waals surface area contributed by atoms with Crippen LogP contribution in [0.2, 0.25) is 0 Å². The molecule has 1 aliphatic heterocycles. The monoisotopic (exact) mass is 255 g/mol. The lowest BCUT2D eigenvalue weighted by Gasteiger charge is -2.30. The quantitative estimate of drug-likeness (QED) is 0.913. The second-order valence-electron chi connectivity index (χ2n) is 5.47. The zero-order valence-electron chi connectivity index (χ0n) is 11.5. The molecule has 19 heavy (non-hydrogen) atoms. The van der Waals surface area contributed by atoms with E-state index < -0.39 is 0 Å². The number of fused-ring (bicyclic) bond motifs is 1. The number of rotatable bonds is 3. The first-order valence-electron chi connectivity index (χ1n) is 7.07. The first-order valence-corrected chi connectivity index (χ1v) is 7.07. The highest BCUT2D eigenvalue weighted by Crippen LogP contribution is 2.16. The second-order valence-corrected chi connectivity index (χ2v) is 5.47. The van der Waals surface area contributed by atoms with Gasteiger partial charge in [0.15, 0.2) is 0 Å². The summed E-state index contributed by atoms with van der Waals surface area (Å²) in [5.74, 6) is 0. The fraction of sp³-hybridized carbons (Fsp3) is 0.438. The van der Waals surface area contributed by atoms with E-state index in [1.807, 2.05) is 12.3 Å². The largest absolute Gasteiger partial charge is 0.309 e. The minimum Gasteiger partial charge on any atom is -0.309 e. The minimum absolute atomic E-state index is 0.609. The first-order chi connectivity index (χ1) is 9.33. The predicted octanol–water partition coefficient (Wildman–Crippen LogP) is 2.42. The van der Waals surface area contributed by atoms with Crippen LogP contribution >= 0.6 is 0 Å². The van der Waals surface area contributed by atoms with Gasteiger partial charge in [-0.3, -0.25) is 4.98 Å². The summed E-state index contributed by atoms with van der Waals surface area (Å²) in [6.45, 7) is 3.29. The van der Waals surface area contributed by atoms with Crippen molar-refractivity contribution in [3.63, 3.8) is 0 Å². The maximum atomic E-state index is 4.51. The fourth-order valence-corrected chi connectivity index (χ4v) is 2.90. The number of hydrogen-bond donors (Lipinski definition) is 1. The van der Waals surface area contributed by atoms with Crippen LogP contribution in [0.25, 0.3) is 10.9 Å². The molecule has 3 rings (SSSR count). The molecule has 2 aromatic rings. The lowest BCUT2D eigenvalue weighted by molar-refractivity contribution is 0.226. The molecule has 0 bridgehead atoms. The molecular formula is C16H21N3. The summed E-state index contributed by atoms with van der Waals surface area (Å²) >= 11 is 0. The van der Waals surface area contributed by atoms with Gasteiger partial charge in [-0.05, 0) is 38.1 Å². The van der Waals surface area contributed by atoms with E-state index in [2.05, 4.69) is 46.5 Å². The van der Waals surface area contributed by atoms with Gasteiger partial charge in [-0.25, -0.2) is 0 Å². The van der Waals surface area contributed by atoms with E-state index in [1.54, 1.807) is 0 Å². The van der Waals surface area contributed by atoms with Crippen LogP contribution in [-0.2, 0) is 6.54 Å². The Labute approximate surface area is 114 Å². The smallest absolute Gasteiger partial charge is 0.0746 e. The molecule has 1 aromatic heterocycles. The molecule has 0 spiro atoms. The second kappa shape index (κ2) is 5.68. The Morgan fingerprint density at radius 2 is 2.21 bits per heavy atom. The van der Waals surface area contributed by atoms with Crippen LogP contribution in [0.3, 0.4) is 0 Å². The highest BCUT2D eigenvalue weighted by atomic mass is 15.1. The van der Waals surface area contributed by atoms with E-state index in [4.69, 9.17) is 0 Å².